The van der Waals surface area contributed by atoms with Gasteiger partial charge >= 0.3 is 0 Å². The van der Waals surface area contributed by atoms with Crippen LogP contribution in [0.4, 0.5) is 0 Å². The smallest absolute Gasteiger partial charge is 0.221 e. The van der Waals surface area contributed by atoms with Gasteiger partial charge in [0, 0.05) is 32.6 Å². The minimum atomic E-state index is 0.827. The molecule has 4 heterocycles. The van der Waals surface area contributed by atoms with Gasteiger partial charge < -0.3 is 4.57 Å². The molecule has 0 amide bonds. The van der Waals surface area contributed by atoms with E-state index in [1.54, 1.807) is 0 Å². The predicted molar refractivity (Wildman–Crippen MR) is 220 cm³/mol. The van der Waals surface area contributed by atoms with E-state index in [0.717, 1.165) is 50.3 Å². The molecule has 53 heavy (non-hydrogen) atoms. The van der Waals surface area contributed by atoms with Crippen LogP contribution in [-0.4, -0.2) is 23.5 Å². The van der Waals surface area contributed by atoms with E-state index in [2.05, 4.69) is 177 Å². The quantitative estimate of drug-likeness (QED) is 0.187. The van der Waals surface area contributed by atoms with Crippen LogP contribution in [0, 0.1) is 0 Å². The molecule has 0 saturated carbocycles. The summed E-state index contributed by atoms with van der Waals surface area (Å²) in [6, 6.07) is 63.1. The summed E-state index contributed by atoms with van der Waals surface area (Å²) in [6.07, 6.45) is 0. The van der Waals surface area contributed by atoms with Gasteiger partial charge in [-0.15, -0.1) is 0 Å². The minimum absolute atomic E-state index is 0.827. The lowest BCUT2D eigenvalue weighted by molar-refractivity contribution is 0.979. The summed E-state index contributed by atoms with van der Waals surface area (Å²) in [5.41, 5.74) is 11.9. The molecule has 0 saturated heterocycles. The lowest BCUT2D eigenvalue weighted by atomic mass is 9.99. The third kappa shape index (κ3) is 3.96. The molecule has 0 aliphatic rings. The molecule has 0 aliphatic carbocycles. The molecule has 0 fully saturated rings. The fourth-order valence-electron chi connectivity index (χ4n) is 8.67. The standard InChI is InChI=1S/C48H29N5/c1-2-13-33(14-3-1)51-43-26-24-32(29-38(43)46-34-15-5-4-12-30(34)22-27-45(46)51)31-23-25-42-37(28-31)35-16-7-10-20-41(35)52(42)48-50-39-18-8-6-17-36(39)47-49-40-19-9-11-21-44(40)53(47)48/h1-29H. The monoisotopic (exact) mass is 675 g/mol. The Morgan fingerprint density at radius 3 is 1.79 bits per heavy atom. The molecular weight excluding hydrogens is 647 g/mol. The van der Waals surface area contributed by atoms with Gasteiger partial charge in [-0.1, -0.05) is 103 Å². The first kappa shape index (κ1) is 28.5. The Hall–Kier alpha value is -7.24. The van der Waals surface area contributed by atoms with Crippen molar-refractivity contribution in [3.63, 3.8) is 0 Å². The average molecular weight is 676 g/mol. The van der Waals surface area contributed by atoms with Crippen molar-refractivity contribution < 1.29 is 0 Å². The first-order valence-corrected chi connectivity index (χ1v) is 18.0. The van der Waals surface area contributed by atoms with Gasteiger partial charge in [-0.05, 0) is 94.7 Å². The third-order valence-electron chi connectivity index (χ3n) is 11.0. The van der Waals surface area contributed by atoms with E-state index in [1.807, 2.05) is 12.1 Å². The van der Waals surface area contributed by atoms with Gasteiger partial charge in [-0.25, -0.2) is 9.97 Å². The molecule has 0 N–H and O–H groups in total. The van der Waals surface area contributed by atoms with Gasteiger partial charge in [-0.2, -0.15) is 0 Å². The third-order valence-corrected chi connectivity index (χ3v) is 11.0. The number of nitrogens with zero attached hydrogens (tertiary/aromatic N) is 5. The Labute approximate surface area is 303 Å². The van der Waals surface area contributed by atoms with E-state index in [9.17, 15) is 0 Å². The van der Waals surface area contributed by atoms with Crippen molar-refractivity contribution in [2.24, 2.45) is 0 Å². The highest BCUT2D eigenvalue weighted by atomic mass is 15.2. The van der Waals surface area contributed by atoms with E-state index in [-0.39, 0.29) is 0 Å². The molecule has 8 aromatic carbocycles. The van der Waals surface area contributed by atoms with Crippen molar-refractivity contribution in [2.45, 2.75) is 0 Å². The lowest BCUT2D eigenvalue weighted by Crippen LogP contribution is -2.06. The van der Waals surface area contributed by atoms with Crippen LogP contribution in [0.15, 0.2) is 176 Å². The summed E-state index contributed by atoms with van der Waals surface area (Å²) in [5.74, 6) is 0.827. The lowest BCUT2D eigenvalue weighted by Gasteiger charge is -2.12. The van der Waals surface area contributed by atoms with E-state index in [1.165, 1.54) is 54.5 Å². The van der Waals surface area contributed by atoms with Crippen LogP contribution in [0.1, 0.15) is 0 Å². The van der Waals surface area contributed by atoms with Crippen molar-refractivity contribution >= 4 is 82.0 Å². The number of para-hydroxylation sites is 5. The second-order valence-corrected chi connectivity index (χ2v) is 13.9. The summed E-state index contributed by atoms with van der Waals surface area (Å²) in [4.78, 5) is 10.5. The van der Waals surface area contributed by atoms with E-state index in [4.69, 9.17) is 9.97 Å². The molecule has 5 heteroatoms. The van der Waals surface area contributed by atoms with Crippen molar-refractivity contribution in [1.29, 1.82) is 0 Å². The van der Waals surface area contributed by atoms with Crippen molar-refractivity contribution in [1.82, 2.24) is 23.5 Å². The minimum Gasteiger partial charge on any atom is -0.309 e. The first-order valence-electron chi connectivity index (χ1n) is 18.0. The summed E-state index contributed by atoms with van der Waals surface area (Å²) in [5, 5.41) is 8.44. The van der Waals surface area contributed by atoms with Crippen molar-refractivity contribution in [2.75, 3.05) is 0 Å². The SMILES string of the molecule is c1ccc(-n2c3ccc(-c4ccc5c(c4)c4ccccc4n5-c4nc5ccccc5c5nc6ccccc6n45)cc3c3c4ccccc4ccc32)cc1. The maximum atomic E-state index is 5.35. The molecule has 0 radical (unpaired) electrons. The molecule has 0 spiro atoms. The van der Waals surface area contributed by atoms with Gasteiger partial charge in [-0.3, -0.25) is 8.97 Å². The van der Waals surface area contributed by atoms with Crippen LogP contribution < -0.4 is 0 Å². The van der Waals surface area contributed by atoms with Crippen LogP contribution in [0.5, 0.6) is 0 Å². The summed E-state index contributed by atoms with van der Waals surface area (Å²) >= 11 is 0. The topological polar surface area (TPSA) is 40.0 Å². The fourth-order valence-corrected chi connectivity index (χ4v) is 8.67. The number of hydrogen-bond donors (Lipinski definition) is 0. The van der Waals surface area contributed by atoms with Crippen molar-refractivity contribution in [3.05, 3.63) is 176 Å². The zero-order chi connectivity index (χ0) is 34.6. The summed E-state index contributed by atoms with van der Waals surface area (Å²) in [6.45, 7) is 0. The molecular formula is C48H29N5. The van der Waals surface area contributed by atoms with Crippen LogP contribution in [0.2, 0.25) is 0 Å². The highest BCUT2D eigenvalue weighted by Gasteiger charge is 2.21. The maximum Gasteiger partial charge on any atom is 0.221 e. The molecule has 246 valence electrons. The highest BCUT2D eigenvalue weighted by Crippen LogP contribution is 2.41. The Bertz CT molecular complexity index is 3460. The normalized spacial score (nSPS) is 12.2. The van der Waals surface area contributed by atoms with E-state index < -0.39 is 0 Å². The van der Waals surface area contributed by atoms with Crippen LogP contribution in [0.25, 0.3) is 105 Å². The molecule has 0 aliphatic heterocycles. The molecule has 12 aromatic rings. The van der Waals surface area contributed by atoms with Gasteiger partial charge in [0.1, 0.15) is 5.65 Å². The number of fused-ring (bicyclic) bond motifs is 13. The number of aromatic nitrogens is 5. The Kier molecular flexibility index (Phi) is 5.71. The van der Waals surface area contributed by atoms with Gasteiger partial charge in [0.25, 0.3) is 0 Å². The number of rotatable bonds is 3. The van der Waals surface area contributed by atoms with E-state index in [0.29, 0.717) is 0 Å². The van der Waals surface area contributed by atoms with Crippen LogP contribution in [0.3, 0.4) is 0 Å². The Morgan fingerprint density at radius 2 is 0.962 bits per heavy atom. The first-order chi connectivity index (χ1) is 26.3. The molecule has 0 atom stereocenters. The fraction of sp³-hybridized carbons (Fsp3) is 0. The average Bonchev–Trinajstić information content (AvgIpc) is 3.89. The summed E-state index contributed by atoms with van der Waals surface area (Å²) in [7, 11) is 0. The Balaban J connectivity index is 1.13. The largest absolute Gasteiger partial charge is 0.309 e. The predicted octanol–water partition coefficient (Wildman–Crippen LogP) is 12.1. The maximum absolute atomic E-state index is 5.35. The second-order valence-electron chi connectivity index (χ2n) is 13.9. The molecule has 0 unspecified atom stereocenters. The van der Waals surface area contributed by atoms with Crippen LogP contribution in [-0.2, 0) is 0 Å². The zero-order valence-corrected chi connectivity index (χ0v) is 28.5. The van der Waals surface area contributed by atoms with Gasteiger partial charge in [0.05, 0.1) is 38.6 Å². The second kappa shape index (κ2) is 10.6. The van der Waals surface area contributed by atoms with Crippen molar-refractivity contribution in [3.8, 4) is 22.8 Å². The number of imidazole rings is 1. The molecule has 12 rings (SSSR count). The summed E-state index contributed by atoms with van der Waals surface area (Å²) < 4.78 is 6.93. The highest BCUT2D eigenvalue weighted by molar-refractivity contribution is 6.22. The number of hydrogen-bond acceptors (Lipinski definition) is 2. The number of benzene rings is 8. The van der Waals surface area contributed by atoms with Gasteiger partial charge in [0.15, 0.2) is 0 Å². The molecule has 5 nitrogen and oxygen atoms in total. The van der Waals surface area contributed by atoms with Gasteiger partial charge in [0.2, 0.25) is 5.95 Å². The Morgan fingerprint density at radius 1 is 0.358 bits per heavy atom. The molecule has 4 aromatic heterocycles. The van der Waals surface area contributed by atoms with Crippen LogP contribution >= 0.6 is 0 Å². The zero-order valence-electron chi connectivity index (χ0n) is 28.5. The molecule has 0 bridgehead atoms. The van der Waals surface area contributed by atoms with E-state index >= 15 is 0 Å².